The van der Waals surface area contributed by atoms with Crippen LogP contribution in [0.4, 0.5) is 27.5 Å². The van der Waals surface area contributed by atoms with Crippen molar-refractivity contribution in [3.05, 3.63) is 71.4 Å². The third-order valence-corrected chi connectivity index (χ3v) is 4.64. The molecule has 156 valence electrons. The van der Waals surface area contributed by atoms with Gasteiger partial charge in [0.2, 0.25) is 5.95 Å². The molecule has 4 rings (SSSR count). The number of nitrogens with zero attached hydrogens (tertiary/aromatic N) is 5. The number of halogens is 2. The molecular weight excluding hydrogens is 421 g/mol. The van der Waals surface area contributed by atoms with E-state index in [9.17, 15) is 9.18 Å². The van der Waals surface area contributed by atoms with Crippen LogP contribution in [0.3, 0.4) is 0 Å². The summed E-state index contributed by atoms with van der Waals surface area (Å²) in [4.78, 5) is 30.7. The predicted molar refractivity (Wildman–Crippen MR) is 118 cm³/mol. The molecule has 10 heteroatoms. The maximum absolute atomic E-state index is 13.4. The number of hydrogen-bond donors (Lipinski definition) is 2. The highest BCUT2D eigenvalue weighted by Crippen LogP contribution is 2.25. The molecule has 1 amide bonds. The number of hydrogen-bond acceptors (Lipinski definition) is 7. The molecule has 0 spiro atoms. The SMILES string of the molecule is CN(C)C(=O)c1ccc(Nc2ncc3ncnc(Nc4ccc(F)c(Cl)c4)c3n2)cc1. The molecule has 31 heavy (non-hydrogen) atoms. The lowest BCUT2D eigenvalue weighted by molar-refractivity contribution is 0.0827. The second kappa shape index (κ2) is 8.49. The Morgan fingerprint density at radius 3 is 2.45 bits per heavy atom. The van der Waals surface area contributed by atoms with Gasteiger partial charge in [0.05, 0.1) is 11.2 Å². The third kappa shape index (κ3) is 4.51. The quantitative estimate of drug-likeness (QED) is 0.477. The van der Waals surface area contributed by atoms with E-state index in [4.69, 9.17) is 11.6 Å². The van der Waals surface area contributed by atoms with Crippen LogP contribution >= 0.6 is 11.6 Å². The van der Waals surface area contributed by atoms with Gasteiger partial charge in [0, 0.05) is 31.0 Å². The zero-order chi connectivity index (χ0) is 22.0. The highest BCUT2D eigenvalue weighted by molar-refractivity contribution is 6.31. The standard InChI is InChI=1S/C21H17ClFN7O/c1-30(2)20(31)12-3-5-13(6-4-12)28-21-24-10-17-18(29-21)19(26-11-25-17)27-14-7-8-16(23)15(22)9-14/h3-11H,1-2H3,(H,24,28,29)(H,25,26,27). The number of amides is 1. The molecule has 0 bridgehead atoms. The van der Waals surface area contributed by atoms with E-state index in [1.165, 1.54) is 23.4 Å². The Labute approximate surface area is 182 Å². The fourth-order valence-electron chi connectivity index (χ4n) is 2.80. The van der Waals surface area contributed by atoms with Crippen LogP contribution < -0.4 is 10.6 Å². The van der Waals surface area contributed by atoms with Crippen LogP contribution in [0, 0.1) is 5.82 Å². The number of nitrogens with one attached hydrogen (secondary N) is 2. The molecule has 0 aliphatic carbocycles. The van der Waals surface area contributed by atoms with Gasteiger partial charge in [-0.05, 0) is 42.5 Å². The molecule has 8 nitrogen and oxygen atoms in total. The first-order valence-electron chi connectivity index (χ1n) is 9.19. The van der Waals surface area contributed by atoms with E-state index in [-0.39, 0.29) is 10.9 Å². The second-order valence-corrected chi connectivity index (χ2v) is 7.21. The highest BCUT2D eigenvalue weighted by Gasteiger charge is 2.11. The minimum atomic E-state index is -0.508. The Hall–Kier alpha value is -3.85. The van der Waals surface area contributed by atoms with E-state index in [2.05, 4.69) is 30.6 Å². The Kier molecular flexibility index (Phi) is 5.59. The summed E-state index contributed by atoms with van der Waals surface area (Å²) in [5.74, 6) is 0.161. The van der Waals surface area contributed by atoms with Crippen molar-refractivity contribution in [2.45, 2.75) is 0 Å². The number of aromatic nitrogens is 4. The summed E-state index contributed by atoms with van der Waals surface area (Å²) in [6.45, 7) is 0. The van der Waals surface area contributed by atoms with Crippen molar-refractivity contribution < 1.29 is 9.18 Å². The molecule has 0 fully saturated rings. The smallest absolute Gasteiger partial charge is 0.253 e. The van der Waals surface area contributed by atoms with Crippen molar-refractivity contribution in [2.75, 3.05) is 24.7 Å². The summed E-state index contributed by atoms with van der Waals surface area (Å²) in [6.07, 6.45) is 2.95. The monoisotopic (exact) mass is 437 g/mol. The minimum Gasteiger partial charge on any atom is -0.345 e. The van der Waals surface area contributed by atoms with Gasteiger partial charge in [-0.25, -0.2) is 24.3 Å². The Bertz CT molecular complexity index is 1260. The fraction of sp³-hybridized carbons (Fsp3) is 0.0952. The van der Waals surface area contributed by atoms with Crippen LogP contribution in [0.1, 0.15) is 10.4 Å². The predicted octanol–water partition coefficient (Wildman–Crippen LogP) is 4.40. The van der Waals surface area contributed by atoms with Crippen molar-refractivity contribution in [1.29, 1.82) is 0 Å². The van der Waals surface area contributed by atoms with Crippen LogP contribution in [0.25, 0.3) is 11.0 Å². The zero-order valence-electron chi connectivity index (χ0n) is 16.6. The average Bonchev–Trinajstić information content (AvgIpc) is 2.76. The zero-order valence-corrected chi connectivity index (χ0v) is 17.4. The number of rotatable bonds is 5. The van der Waals surface area contributed by atoms with Crippen LogP contribution in [-0.4, -0.2) is 44.8 Å². The summed E-state index contributed by atoms with van der Waals surface area (Å²) in [5, 5.41) is 6.17. The van der Waals surface area contributed by atoms with Crippen LogP contribution in [0.2, 0.25) is 5.02 Å². The van der Waals surface area contributed by atoms with Crippen LogP contribution in [0.5, 0.6) is 0 Å². The number of fused-ring (bicyclic) bond motifs is 1. The maximum atomic E-state index is 13.4. The maximum Gasteiger partial charge on any atom is 0.253 e. The van der Waals surface area contributed by atoms with Gasteiger partial charge < -0.3 is 15.5 Å². The van der Waals surface area contributed by atoms with Gasteiger partial charge in [-0.3, -0.25) is 4.79 Å². The van der Waals surface area contributed by atoms with Crippen LogP contribution in [0.15, 0.2) is 55.0 Å². The van der Waals surface area contributed by atoms with Crippen molar-refractivity contribution in [3.8, 4) is 0 Å². The lowest BCUT2D eigenvalue weighted by Crippen LogP contribution is -2.21. The summed E-state index contributed by atoms with van der Waals surface area (Å²) < 4.78 is 13.4. The molecule has 2 aromatic heterocycles. The molecule has 0 aliphatic heterocycles. The number of anilines is 4. The van der Waals surface area contributed by atoms with Gasteiger partial charge in [0.15, 0.2) is 5.82 Å². The molecular formula is C21H17ClFN7O. The first-order valence-corrected chi connectivity index (χ1v) is 9.57. The van der Waals surface area contributed by atoms with Gasteiger partial charge >= 0.3 is 0 Å². The molecule has 0 unspecified atom stereocenters. The minimum absolute atomic E-state index is 0.00321. The number of carbonyl (C=O) groups excluding carboxylic acids is 1. The van der Waals surface area contributed by atoms with Gasteiger partial charge in [-0.15, -0.1) is 0 Å². The fourth-order valence-corrected chi connectivity index (χ4v) is 2.98. The van der Waals surface area contributed by atoms with E-state index in [1.807, 2.05) is 0 Å². The Morgan fingerprint density at radius 2 is 1.74 bits per heavy atom. The lowest BCUT2D eigenvalue weighted by atomic mass is 10.2. The van der Waals surface area contributed by atoms with Crippen LogP contribution in [-0.2, 0) is 0 Å². The summed E-state index contributed by atoms with van der Waals surface area (Å²) >= 11 is 5.85. The molecule has 2 aromatic carbocycles. The van der Waals surface area contributed by atoms with E-state index < -0.39 is 5.82 Å². The molecule has 2 N–H and O–H groups in total. The van der Waals surface area contributed by atoms with Gasteiger partial charge in [-0.2, -0.15) is 0 Å². The molecule has 0 saturated carbocycles. The van der Waals surface area contributed by atoms with Gasteiger partial charge in [0.25, 0.3) is 5.91 Å². The topological polar surface area (TPSA) is 95.9 Å². The third-order valence-electron chi connectivity index (χ3n) is 4.35. The first-order chi connectivity index (χ1) is 14.9. The van der Waals surface area contributed by atoms with E-state index in [0.717, 1.165) is 0 Å². The van der Waals surface area contributed by atoms with Gasteiger partial charge in [-0.1, -0.05) is 11.6 Å². The lowest BCUT2D eigenvalue weighted by Gasteiger charge is -2.11. The van der Waals surface area contributed by atoms with E-state index >= 15 is 0 Å². The van der Waals surface area contributed by atoms with Crippen molar-refractivity contribution >= 4 is 51.7 Å². The van der Waals surface area contributed by atoms with E-state index in [0.29, 0.717) is 39.7 Å². The highest BCUT2D eigenvalue weighted by atomic mass is 35.5. The summed E-state index contributed by atoms with van der Waals surface area (Å²) in [7, 11) is 3.40. The number of benzene rings is 2. The average molecular weight is 438 g/mol. The largest absolute Gasteiger partial charge is 0.345 e. The first kappa shape index (κ1) is 20.4. The molecule has 0 saturated heterocycles. The Morgan fingerprint density at radius 1 is 1.00 bits per heavy atom. The summed E-state index contributed by atoms with van der Waals surface area (Å²) in [6, 6.07) is 11.3. The van der Waals surface area contributed by atoms with E-state index in [1.54, 1.807) is 50.6 Å². The van der Waals surface area contributed by atoms with Gasteiger partial charge in [0.1, 0.15) is 23.2 Å². The van der Waals surface area contributed by atoms with Crippen molar-refractivity contribution in [1.82, 2.24) is 24.8 Å². The normalized spacial score (nSPS) is 10.7. The number of carbonyl (C=O) groups is 1. The Balaban J connectivity index is 1.60. The molecule has 4 aromatic rings. The molecule has 2 heterocycles. The molecule has 0 radical (unpaired) electrons. The molecule has 0 atom stereocenters. The summed E-state index contributed by atoms with van der Waals surface area (Å²) in [5.41, 5.74) is 2.85. The molecule has 0 aliphatic rings. The second-order valence-electron chi connectivity index (χ2n) is 6.81. The van der Waals surface area contributed by atoms with Crippen molar-refractivity contribution in [3.63, 3.8) is 0 Å². The van der Waals surface area contributed by atoms with Crippen molar-refractivity contribution in [2.24, 2.45) is 0 Å².